The molecule has 0 amide bonds. The highest BCUT2D eigenvalue weighted by molar-refractivity contribution is 14.0. The van der Waals surface area contributed by atoms with Gasteiger partial charge in [0.25, 0.3) is 0 Å². The molecule has 0 fully saturated rings. The molecule has 0 aliphatic heterocycles. The Hall–Kier alpha value is -1.81. The van der Waals surface area contributed by atoms with Crippen LogP contribution in [0.4, 0.5) is 0 Å². The highest BCUT2D eigenvalue weighted by Gasteiger charge is 2.11. The van der Waals surface area contributed by atoms with E-state index in [1.165, 1.54) is 5.69 Å². The minimum Gasteiger partial charge on any atom is -0.352 e. The number of aliphatic imine (C=N–C) groups is 1. The average Bonchev–Trinajstić information content (AvgIpc) is 3.26. The van der Waals surface area contributed by atoms with E-state index in [4.69, 9.17) is 0 Å². The van der Waals surface area contributed by atoms with E-state index in [1.807, 2.05) is 43.2 Å². The number of hydrogen-bond acceptors (Lipinski definition) is 2. The van der Waals surface area contributed by atoms with Gasteiger partial charge in [-0.15, -0.1) is 24.0 Å². The van der Waals surface area contributed by atoms with Gasteiger partial charge in [0.15, 0.2) is 5.96 Å². The minimum absolute atomic E-state index is 0. The third-order valence-electron chi connectivity index (χ3n) is 4.23. The molecule has 0 atom stereocenters. The Bertz CT molecular complexity index is 888. The van der Waals surface area contributed by atoms with Crippen LogP contribution in [0.2, 0.25) is 0 Å². The Morgan fingerprint density at radius 2 is 2.07 bits per heavy atom. The fraction of sp³-hybridized carbons (Fsp3) is 0.263. The van der Waals surface area contributed by atoms with Crippen LogP contribution in [0.3, 0.4) is 0 Å². The molecule has 1 N–H and O–H groups in total. The van der Waals surface area contributed by atoms with Crippen LogP contribution in [-0.4, -0.2) is 39.3 Å². The number of guanidine groups is 1. The molecule has 0 bridgehead atoms. The largest absolute Gasteiger partial charge is 0.352 e. The first-order valence-corrected chi connectivity index (χ1v) is 9.18. The van der Waals surface area contributed by atoms with E-state index < -0.39 is 0 Å². The molecule has 0 aliphatic carbocycles. The Kier molecular flexibility index (Phi) is 7.91. The predicted molar refractivity (Wildman–Crippen MR) is 124 cm³/mol. The second-order valence-electron chi connectivity index (χ2n) is 6.10. The molecule has 0 saturated heterocycles. The molecule has 3 aromatic rings. The van der Waals surface area contributed by atoms with E-state index in [9.17, 15) is 0 Å². The standard InChI is InChI=1S/C19H23BrN6.HI/c1-21-19(25(3)14-17-11-16(20)13-24(17)2)22-12-15-7-4-5-8-18(15)26-10-6-9-23-26;/h4-11,13H,12,14H2,1-3H3,(H,21,22);1H. The number of para-hydroxylation sites is 1. The quantitative estimate of drug-likeness (QED) is 0.303. The molecule has 0 unspecified atom stereocenters. The van der Waals surface area contributed by atoms with E-state index in [-0.39, 0.29) is 24.0 Å². The third-order valence-corrected chi connectivity index (χ3v) is 4.66. The van der Waals surface area contributed by atoms with Crippen molar-refractivity contribution in [3.05, 3.63) is 70.7 Å². The van der Waals surface area contributed by atoms with Gasteiger partial charge in [0.1, 0.15) is 0 Å². The predicted octanol–water partition coefficient (Wildman–Crippen LogP) is 3.80. The summed E-state index contributed by atoms with van der Waals surface area (Å²) in [5, 5.41) is 7.79. The van der Waals surface area contributed by atoms with Gasteiger partial charge in [0.05, 0.1) is 12.2 Å². The molecule has 6 nitrogen and oxygen atoms in total. The third kappa shape index (κ3) is 5.35. The fourth-order valence-electron chi connectivity index (χ4n) is 2.90. The minimum atomic E-state index is 0. The number of aromatic nitrogens is 3. The maximum atomic E-state index is 4.42. The van der Waals surface area contributed by atoms with Crippen LogP contribution in [-0.2, 0) is 20.1 Å². The van der Waals surface area contributed by atoms with Gasteiger partial charge in [-0.2, -0.15) is 5.10 Å². The van der Waals surface area contributed by atoms with Crippen LogP contribution in [0.1, 0.15) is 11.3 Å². The van der Waals surface area contributed by atoms with Gasteiger partial charge in [-0.25, -0.2) is 4.68 Å². The zero-order valence-electron chi connectivity index (χ0n) is 15.6. The van der Waals surface area contributed by atoms with Crippen molar-refractivity contribution in [3.8, 4) is 5.69 Å². The smallest absolute Gasteiger partial charge is 0.194 e. The summed E-state index contributed by atoms with van der Waals surface area (Å²) in [4.78, 5) is 6.53. The van der Waals surface area contributed by atoms with Gasteiger partial charge in [0.2, 0.25) is 0 Å². The Morgan fingerprint density at radius 3 is 2.70 bits per heavy atom. The van der Waals surface area contributed by atoms with Crippen LogP contribution in [0.15, 0.2) is 64.5 Å². The Labute approximate surface area is 185 Å². The fourth-order valence-corrected chi connectivity index (χ4v) is 3.47. The highest BCUT2D eigenvalue weighted by Crippen LogP contribution is 2.16. The zero-order chi connectivity index (χ0) is 18.5. The summed E-state index contributed by atoms with van der Waals surface area (Å²) in [5.41, 5.74) is 3.43. The number of aryl methyl sites for hydroxylation is 1. The van der Waals surface area contributed by atoms with E-state index in [0.29, 0.717) is 6.54 Å². The highest BCUT2D eigenvalue weighted by atomic mass is 127. The summed E-state index contributed by atoms with van der Waals surface area (Å²) in [6, 6.07) is 12.3. The summed E-state index contributed by atoms with van der Waals surface area (Å²) in [5.74, 6) is 0.845. The molecule has 2 aromatic heterocycles. The summed E-state index contributed by atoms with van der Waals surface area (Å²) in [6.07, 6.45) is 5.79. The molecule has 0 radical (unpaired) electrons. The molecule has 3 rings (SSSR count). The summed E-state index contributed by atoms with van der Waals surface area (Å²) >= 11 is 3.52. The van der Waals surface area contributed by atoms with Crippen LogP contribution in [0.5, 0.6) is 0 Å². The SMILES string of the molecule is CN=C(NCc1ccccc1-n1cccn1)N(C)Cc1cc(Br)cn1C.I. The molecule has 0 spiro atoms. The van der Waals surface area contributed by atoms with Crippen molar-refractivity contribution in [2.75, 3.05) is 14.1 Å². The number of nitrogens with one attached hydrogen (secondary N) is 1. The number of hydrogen-bond donors (Lipinski definition) is 1. The monoisotopic (exact) mass is 542 g/mol. The van der Waals surface area contributed by atoms with Crippen molar-refractivity contribution >= 4 is 45.9 Å². The number of halogens is 2. The van der Waals surface area contributed by atoms with E-state index in [1.54, 1.807) is 13.2 Å². The van der Waals surface area contributed by atoms with Crippen LogP contribution >= 0.6 is 39.9 Å². The molecule has 2 heterocycles. The maximum absolute atomic E-state index is 4.42. The van der Waals surface area contributed by atoms with Crippen LogP contribution in [0.25, 0.3) is 5.69 Å². The van der Waals surface area contributed by atoms with Gasteiger partial charge >= 0.3 is 0 Å². The summed E-state index contributed by atoms with van der Waals surface area (Å²) in [7, 11) is 5.89. The van der Waals surface area contributed by atoms with Crippen molar-refractivity contribution < 1.29 is 0 Å². The van der Waals surface area contributed by atoms with Gasteiger partial charge in [-0.1, -0.05) is 18.2 Å². The first-order chi connectivity index (χ1) is 12.6. The number of benzene rings is 1. The normalized spacial score (nSPS) is 11.2. The molecule has 1 aromatic carbocycles. The van der Waals surface area contributed by atoms with E-state index >= 15 is 0 Å². The van der Waals surface area contributed by atoms with E-state index in [2.05, 4.69) is 65.2 Å². The van der Waals surface area contributed by atoms with Gasteiger partial charge in [0, 0.05) is 56.4 Å². The Balaban J connectivity index is 0.00000261. The first kappa shape index (κ1) is 21.5. The average molecular weight is 543 g/mol. The maximum Gasteiger partial charge on any atom is 0.194 e. The second-order valence-corrected chi connectivity index (χ2v) is 7.01. The van der Waals surface area contributed by atoms with E-state index in [0.717, 1.165) is 28.2 Å². The molecule has 8 heteroatoms. The van der Waals surface area contributed by atoms with Gasteiger partial charge < -0.3 is 14.8 Å². The molecule has 0 saturated carbocycles. The van der Waals surface area contributed by atoms with Crippen molar-refractivity contribution in [2.45, 2.75) is 13.1 Å². The lowest BCUT2D eigenvalue weighted by Gasteiger charge is -2.23. The van der Waals surface area contributed by atoms with Gasteiger partial charge in [-0.05, 0) is 39.7 Å². The van der Waals surface area contributed by atoms with Crippen molar-refractivity contribution in [3.63, 3.8) is 0 Å². The molecule has 144 valence electrons. The number of rotatable bonds is 5. The lowest BCUT2D eigenvalue weighted by Crippen LogP contribution is -2.38. The number of nitrogens with zero attached hydrogens (tertiary/aromatic N) is 5. The summed E-state index contributed by atoms with van der Waals surface area (Å²) < 4.78 is 5.07. The summed E-state index contributed by atoms with van der Waals surface area (Å²) in [6.45, 7) is 1.44. The second kappa shape index (κ2) is 9.93. The van der Waals surface area contributed by atoms with Crippen molar-refractivity contribution in [1.82, 2.24) is 24.6 Å². The van der Waals surface area contributed by atoms with Crippen LogP contribution < -0.4 is 5.32 Å². The molecular weight excluding hydrogens is 519 g/mol. The first-order valence-electron chi connectivity index (χ1n) is 8.39. The zero-order valence-corrected chi connectivity index (χ0v) is 19.5. The van der Waals surface area contributed by atoms with Crippen molar-refractivity contribution in [1.29, 1.82) is 0 Å². The lowest BCUT2D eigenvalue weighted by atomic mass is 10.2. The topological polar surface area (TPSA) is 50.4 Å². The molecule has 0 aliphatic rings. The Morgan fingerprint density at radius 1 is 1.30 bits per heavy atom. The van der Waals surface area contributed by atoms with Gasteiger partial charge in [-0.3, -0.25) is 4.99 Å². The molecule has 27 heavy (non-hydrogen) atoms. The molecular formula is C19H24BrIN6. The lowest BCUT2D eigenvalue weighted by molar-refractivity contribution is 0.461. The van der Waals surface area contributed by atoms with Crippen LogP contribution in [0, 0.1) is 0 Å². The van der Waals surface area contributed by atoms with Crippen molar-refractivity contribution in [2.24, 2.45) is 12.0 Å².